The largest absolute Gasteiger partial charge is 0.365 e. The average molecular weight is 434 g/mol. The second-order valence-electron chi connectivity index (χ2n) is 7.84. The second-order valence-corrected chi connectivity index (χ2v) is 8.95. The Balaban J connectivity index is 0.00000240. The average Bonchev–Trinajstić information content (AvgIpc) is 3.06. The molecule has 1 aromatic heterocycles. The number of anilines is 1. The van der Waals surface area contributed by atoms with Crippen LogP contribution in [0.1, 0.15) is 58.5 Å². The SMILES string of the molecule is Cl.NC(=O)c1c(NC(=O)C2CCCCC2)sc2c1CCN(Cc1ccccc1)C2. The molecule has 1 saturated carbocycles. The Morgan fingerprint density at radius 1 is 1.14 bits per heavy atom. The Bertz CT molecular complexity index is 862. The highest BCUT2D eigenvalue weighted by Gasteiger charge is 2.29. The minimum atomic E-state index is -0.437. The maximum Gasteiger partial charge on any atom is 0.251 e. The normalized spacial score (nSPS) is 17.2. The molecule has 7 heteroatoms. The number of nitrogens with zero attached hydrogens (tertiary/aromatic N) is 1. The molecule has 2 heterocycles. The summed E-state index contributed by atoms with van der Waals surface area (Å²) in [4.78, 5) is 28.4. The van der Waals surface area contributed by atoms with Crippen LogP contribution in [0.5, 0.6) is 0 Å². The Kier molecular flexibility index (Phi) is 7.33. The number of amides is 2. The fourth-order valence-electron chi connectivity index (χ4n) is 4.36. The third-order valence-corrected chi connectivity index (χ3v) is 6.98. The summed E-state index contributed by atoms with van der Waals surface area (Å²) < 4.78 is 0. The molecule has 1 fully saturated rings. The molecule has 2 aromatic rings. The van der Waals surface area contributed by atoms with Crippen LogP contribution in [0.15, 0.2) is 30.3 Å². The van der Waals surface area contributed by atoms with Crippen molar-refractivity contribution in [2.75, 3.05) is 11.9 Å². The number of fused-ring (bicyclic) bond motifs is 1. The Hall–Kier alpha value is -1.89. The maximum atomic E-state index is 12.7. The van der Waals surface area contributed by atoms with Crippen molar-refractivity contribution in [1.82, 2.24) is 4.90 Å². The van der Waals surface area contributed by atoms with Gasteiger partial charge in [-0.15, -0.1) is 23.7 Å². The lowest BCUT2D eigenvalue weighted by atomic mass is 9.88. The van der Waals surface area contributed by atoms with Crippen molar-refractivity contribution < 1.29 is 9.59 Å². The standard InChI is InChI=1S/C22H27N3O2S.ClH/c23-20(26)19-17-11-12-25(13-15-7-3-1-4-8-15)14-18(17)28-22(19)24-21(27)16-9-5-2-6-10-16;/h1,3-4,7-8,16H,2,5-6,9-14H2,(H2,23,26)(H,24,27);1H. The van der Waals surface area contributed by atoms with Crippen LogP contribution in [0.3, 0.4) is 0 Å². The summed E-state index contributed by atoms with van der Waals surface area (Å²) in [6.45, 7) is 2.55. The molecule has 0 atom stereocenters. The molecule has 0 saturated heterocycles. The van der Waals surface area contributed by atoms with E-state index in [1.165, 1.54) is 23.3 Å². The molecule has 1 aliphatic heterocycles. The Morgan fingerprint density at radius 2 is 1.86 bits per heavy atom. The van der Waals surface area contributed by atoms with Crippen LogP contribution in [0.25, 0.3) is 0 Å². The number of halogens is 1. The van der Waals surface area contributed by atoms with Gasteiger partial charge in [-0.05, 0) is 30.4 Å². The van der Waals surface area contributed by atoms with E-state index in [2.05, 4.69) is 34.5 Å². The van der Waals surface area contributed by atoms with Crippen LogP contribution < -0.4 is 11.1 Å². The lowest BCUT2D eigenvalue weighted by molar-refractivity contribution is -0.120. The van der Waals surface area contributed by atoms with Gasteiger partial charge in [0, 0.05) is 30.4 Å². The lowest BCUT2D eigenvalue weighted by Gasteiger charge is -2.27. The van der Waals surface area contributed by atoms with Gasteiger partial charge in [-0.1, -0.05) is 49.6 Å². The first kappa shape index (κ1) is 21.8. The van der Waals surface area contributed by atoms with Gasteiger partial charge < -0.3 is 11.1 Å². The van der Waals surface area contributed by atoms with Crippen molar-refractivity contribution in [2.45, 2.75) is 51.6 Å². The molecule has 156 valence electrons. The number of nitrogens with two attached hydrogens (primary N) is 1. The van der Waals surface area contributed by atoms with Crippen LogP contribution in [0.4, 0.5) is 5.00 Å². The number of thiophene rings is 1. The highest BCUT2D eigenvalue weighted by molar-refractivity contribution is 7.17. The fourth-order valence-corrected chi connectivity index (χ4v) is 5.66. The Morgan fingerprint density at radius 3 is 2.55 bits per heavy atom. The predicted octanol–water partition coefficient (Wildman–Crippen LogP) is 4.35. The molecule has 3 N–H and O–H groups in total. The van der Waals surface area contributed by atoms with E-state index in [4.69, 9.17) is 5.73 Å². The highest BCUT2D eigenvalue weighted by atomic mass is 35.5. The summed E-state index contributed by atoms with van der Waals surface area (Å²) in [5, 5.41) is 3.69. The van der Waals surface area contributed by atoms with Crippen molar-refractivity contribution in [2.24, 2.45) is 11.7 Å². The zero-order valence-electron chi connectivity index (χ0n) is 16.5. The highest BCUT2D eigenvalue weighted by Crippen LogP contribution is 2.38. The molecular formula is C22H28ClN3O2S. The summed E-state index contributed by atoms with van der Waals surface area (Å²) in [6.07, 6.45) is 6.09. The summed E-state index contributed by atoms with van der Waals surface area (Å²) in [5.41, 5.74) is 8.54. The zero-order chi connectivity index (χ0) is 19.5. The van der Waals surface area contributed by atoms with E-state index >= 15 is 0 Å². The predicted molar refractivity (Wildman–Crippen MR) is 120 cm³/mol. The van der Waals surface area contributed by atoms with Gasteiger partial charge in [0.15, 0.2) is 0 Å². The first-order valence-corrected chi connectivity index (χ1v) is 10.9. The van der Waals surface area contributed by atoms with Crippen molar-refractivity contribution in [3.8, 4) is 0 Å². The summed E-state index contributed by atoms with van der Waals surface area (Å²) in [7, 11) is 0. The molecule has 5 nitrogen and oxygen atoms in total. The van der Waals surface area contributed by atoms with Crippen LogP contribution in [0, 0.1) is 5.92 Å². The van der Waals surface area contributed by atoms with Gasteiger partial charge in [0.25, 0.3) is 5.91 Å². The fraction of sp³-hybridized carbons (Fsp3) is 0.455. The first-order chi connectivity index (χ1) is 13.6. The molecule has 29 heavy (non-hydrogen) atoms. The monoisotopic (exact) mass is 433 g/mol. The molecule has 0 unspecified atom stereocenters. The van der Waals surface area contributed by atoms with Gasteiger partial charge in [-0.2, -0.15) is 0 Å². The molecule has 1 aromatic carbocycles. The number of carbonyl (C=O) groups is 2. The minimum absolute atomic E-state index is 0. The van der Waals surface area contributed by atoms with Crippen LogP contribution in [0.2, 0.25) is 0 Å². The molecule has 1 aliphatic carbocycles. The van der Waals surface area contributed by atoms with Crippen LogP contribution >= 0.6 is 23.7 Å². The maximum absolute atomic E-state index is 12.7. The molecular weight excluding hydrogens is 406 g/mol. The van der Waals surface area contributed by atoms with Gasteiger partial charge in [-0.3, -0.25) is 14.5 Å². The lowest BCUT2D eigenvalue weighted by Crippen LogP contribution is -2.30. The van der Waals surface area contributed by atoms with Crippen molar-refractivity contribution in [1.29, 1.82) is 0 Å². The van der Waals surface area contributed by atoms with E-state index in [0.717, 1.165) is 62.2 Å². The number of benzene rings is 1. The number of rotatable bonds is 5. The summed E-state index contributed by atoms with van der Waals surface area (Å²) in [6, 6.07) is 10.4. The van der Waals surface area contributed by atoms with E-state index < -0.39 is 5.91 Å². The number of carbonyl (C=O) groups excluding carboxylic acids is 2. The smallest absolute Gasteiger partial charge is 0.251 e. The van der Waals surface area contributed by atoms with Gasteiger partial charge in [0.2, 0.25) is 5.91 Å². The molecule has 0 radical (unpaired) electrons. The van der Waals surface area contributed by atoms with Gasteiger partial charge in [-0.25, -0.2) is 0 Å². The molecule has 4 rings (SSSR count). The van der Waals surface area contributed by atoms with E-state index in [1.807, 2.05) is 6.07 Å². The summed E-state index contributed by atoms with van der Waals surface area (Å²) >= 11 is 1.52. The zero-order valence-corrected chi connectivity index (χ0v) is 18.1. The second kappa shape index (κ2) is 9.74. The van der Waals surface area contributed by atoms with Gasteiger partial charge in [0.1, 0.15) is 5.00 Å². The number of primary amides is 1. The van der Waals surface area contributed by atoms with Crippen LogP contribution in [-0.4, -0.2) is 23.3 Å². The van der Waals surface area contributed by atoms with E-state index in [-0.39, 0.29) is 24.2 Å². The summed E-state index contributed by atoms with van der Waals surface area (Å²) in [5.74, 6) is -0.335. The first-order valence-electron chi connectivity index (χ1n) is 10.1. The number of hydrogen-bond donors (Lipinski definition) is 2. The number of hydrogen-bond acceptors (Lipinski definition) is 4. The van der Waals surface area contributed by atoms with Crippen molar-refractivity contribution in [3.63, 3.8) is 0 Å². The van der Waals surface area contributed by atoms with E-state index in [1.54, 1.807) is 0 Å². The molecule has 0 spiro atoms. The van der Waals surface area contributed by atoms with E-state index in [0.29, 0.717) is 10.6 Å². The molecule has 0 bridgehead atoms. The minimum Gasteiger partial charge on any atom is -0.365 e. The molecule has 2 aliphatic rings. The van der Waals surface area contributed by atoms with Gasteiger partial charge in [0.05, 0.1) is 5.56 Å². The quantitative estimate of drug-likeness (QED) is 0.736. The molecule has 2 amide bonds. The van der Waals surface area contributed by atoms with Gasteiger partial charge >= 0.3 is 0 Å². The third kappa shape index (κ3) is 5.00. The van der Waals surface area contributed by atoms with E-state index in [9.17, 15) is 9.59 Å². The van der Waals surface area contributed by atoms with Crippen LogP contribution in [-0.2, 0) is 24.3 Å². The van der Waals surface area contributed by atoms with Crippen molar-refractivity contribution >= 4 is 40.6 Å². The number of nitrogens with one attached hydrogen (secondary N) is 1. The topological polar surface area (TPSA) is 75.4 Å². The van der Waals surface area contributed by atoms with Crippen molar-refractivity contribution in [3.05, 3.63) is 51.9 Å². The third-order valence-electron chi connectivity index (χ3n) is 5.84. The Labute approximate surface area is 182 Å².